The number of hydrogen-bond donors (Lipinski definition) is 1. The Bertz CT molecular complexity index is 560. The van der Waals surface area contributed by atoms with E-state index in [1.54, 1.807) is 6.20 Å². The molecule has 0 aliphatic heterocycles. The SMILES string of the molecule is CCC(NC)c1ccc(Oc2cc(C)ccc2C)cn1. The highest BCUT2D eigenvalue weighted by Crippen LogP contribution is 2.26. The van der Waals surface area contributed by atoms with Crippen molar-refractivity contribution in [3.05, 3.63) is 53.3 Å². The Morgan fingerprint density at radius 2 is 2.00 bits per heavy atom. The van der Waals surface area contributed by atoms with Crippen LogP contribution in [-0.2, 0) is 0 Å². The second kappa shape index (κ2) is 6.53. The summed E-state index contributed by atoms with van der Waals surface area (Å²) >= 11 is 0. The predicted octanol–water partition coefficient (Wildman–Crippen LogP) is 4.16. The van der Waals surface area contributed by atoms with Crippen molar-refractivity contribution in [2.45, 2.75) is 33.2 Å². The molecule has 2 aromatic rings. The molecule has 20 heavy (non-hydrogen) atoms. The van der Waals surface area contributed by atoms with Crippen LogP contribution in [0.1, 0.15) is 36.2 Å². The van der Waals surface area contributed by atoms with E-state index in [2.05, 4.69) is 36.3 Å². The molecule has 3 heteroatoms. The molecule has 0 spiro atoms. The highest BCUT2D eigenvalue weighted by molar-refractivity contribution is 5.39. The number of nitrogens with one attached hydrogen (secondary N) is 1. The molecule has 0 aliphatic rings. The van der Waals surface area contributed by atoms with Crippen LogP contribution in [0.5, 0.6) is 11.5 Å². The zero-order valence-electron chi connectivity index (χ0n) is 12.6. The molecule has 1 unspecified atom stereocenters. The minimum atomic E-state index is 0.296. The maximum absolute atomic E-state index is 5.91. The molecular formula is C17H22N2O. The van der Waals surface area contributed by atoms with Crippen molar-refractivity contribution in [3.8, 4) is 11.5 Å². The molecule has 0 saturated carbocycles. The van der Waals surface area contributed by atoms with E-state index in [0.29, 0.717) is 6.04 Å². The van der Waals surface area contributed by atoms with Crippen LogP contribution in [0.15, 0.2) is 36.5 Å². The molecule has 106 valence electrons. The lowest BCUT2D eigenvalue weighted by atomic mass is 10.1. The Morgan fingerprint density at radius 1 is 1.20 bits per heavy atom. The lowest BCUT2D eigenvalue weighted by molar-refractivity contribution is 0.473. The normalized spacial score (nSPS) is 12.2. The topological polar surface area (TPSA) is 34.1 Å². The third kappa shape index (κ3) is 3.36. The van der Waals surface area contributed by atoms with Gasteiger partial charge in [0, 0.05) is 6.04 Å². The first-order valence-corrected chi connectivity index (χ1v) is 7.02. The van der Waals surface area contributed by atoms with E-state index in [-0.39, 0.29) is 0 Å². The lowest BCUT2D eigenvalue weighted by Gasteiger charge is -2.14. The van der Waals surface area contributed by atoms with Gasteiger partial charge in [0.2, 0.25) is 0 Å². The van der Waals surface area contributed by atoms with Gasteiger partial charge in [-0.15, -0.1) is 0 Å². The summed E-state index contributed by atoms with van der Waals surface area (Å²) in [4.78, 5) is 4.48. The van der Waals surface area contributed by atoms with Gasteiger partial charge in [-0.05, 0) is 56.6 Å². The minimum Gasteiger partial charge on any atom is -0.455 e. The van der Waals surface area contributed by atoms with Crippen LogP contribution in [0.2, 0.25) is 0 Å². The summed E-state index contributed by atoms with van der Waals surface area (Å²) in [6.45, 7) is 6.25. The Balaban J connectivity index is 2.16. The van der Waals surface area contributed by atoms with E-state index >= 15 is 0 Å². The van der Waals surface area contributed by atoms with Crippen LogP contribution in [0, 0.1) is 13.8 Å². The first-order chi connectivity index (χ1) is 9.63. The monoisotopic (exact) mass is 270 g/mol. The second-order valence-corrected chi connectivity index (χ2v) is 5.04. The highest BCUT2D eigenvalue weighted by Gasteiger charge is 2.08. The predicted molar refractivity (Wildman–Crippen MR) is 82.3 cm³/mol. The van der Waals surface area contributed by atoms with Crippen LogP contribution < -0.4 is 10.1 Å². The van der Waals surface area contributed by atoms with Crippen molar-refractivity contribution in [1.82, 2.24) is 10.3 Å². The zero-order valence-corrected chi connectivity index (χ0v) is 12.6. The van der Waals surface area contributed by atoms with Gasteiger partial charge in [-0.25, -0.2) is 0 Å². The molecule has 0 radical (unpaired) electrons. The summed E-state index contributed by atoms with van der Waals surface area (Å²) in [5, 5.41) is 3.25. The van der Waals surface area contributed by atoms with Crippen LogP contribution >= 0.6 is 0 Å². The lowest BCUT2D eigenvalue weighted by Crippen LogP contribution is -2.16. The largest absolute Gasteiger partial charge is 0.455 e. The van der Waals surface area contributed by atoms with Crippen LogP contribution in [0.4, 0.5) is 0 Å². The van der Waals surface area contributed by atoms with Crippen molar-refractivity contribution in [2.24, 2.45) is 0 Å². The number of rotatable bonds is 5. The fourth-order valence-electron chi connectivity index (χ4n) is 2.16. The number of benzene rings is 1. The molecule has 0 amide bonds. The van der Waals surface area contributed by atoms with Crippen molar-refractivity contribution >= 4 is 0 Å². The molecule has 1 N–H and O–H groups in total. The van der Waals surface area contributed by atoms with Crippen LogP contribution in [-0.4, -0.2) is 12.0 Å². The number of aromatic nitrogens is 1. The highest BCUT2D eigenvalue weighted by atomic mass is 16.5. The van der Waals surface area contributed by atoms with Crippen molar-refractivity contribution in [3.63, 3.8) is 0 Å². The molecule has 0 fully saturated rings. The van der Waals surface area contributed by atoms with E-state index in [0.717, 1.165) is 29.2 Å². The third-order valence-corrected chi connectivity index (χ3v) is 3.44. The van der Waals surface area contributed by atoms with Gasteiger partial charge in [0.05, 0.1) is 11.9 Å². The standard InChI is InChI=1S/C17H22N2O/c1-5-15(18-4)16-9-8-14(11-19-16)20-17-10-12(2)6-7-13(17)3/h6-11,15,18H,5H2,1-4H3. The fraction of sp³-hybridized carbons (Fsp3) is 0.353. The number of nitrogens with zero attached hydrogens (tertiary/aromatic N) is 1. The summed E-state index contributed by atoms with van der Waals surface area (Å²) < 4.78 is 5.91. The first-order valence-electron chi connectivity index (χ1n) is 7.02. The Labute approximate surface area is 121 Å². The van der Waals surface area contributed by atoms with E-state index < -0.39 is 0 Å². The van der Waals surface area contributed by atoms with Gasteiger partial charge in [0.25, 0.3) is 0 Å². The number of aryl methyl sites for hydroxylation is 2. The third-order valence-electron chi connectivity index (χ3n) is 3.44. The van der Waals surface area contributed by atoms with Gasteiger partial charge in [0.15, 0.2) is 0 Å². The van der Waals surface area contributed by atoms with Gasteiger partial charge in [-0.2, -0.15) is 0 Å². The van der Waals surface area contributed by atoms with E-state index in [1.165, 1.54) is 5.56 Å². The average molecular weight is 270 g/mol. The molecule has 0 bridgehead atoms. The second-order valence-electron chi connectivity index (χ2n) is 5.04. The van der Waals surface area contributed by atoms with Gasteiger partial charge < -0.3 is 10.1 Å². The van der Waals surface area contributed by atoms with E-state index in [9.17, 15) is 0 Å². The fourth-order valence-corrected chi connectivity index (χ4v) is 2.16. The summed E-state index contributed by atoms with van der Waals surface area (Å²) in [5.41, 5.74) is 3.36. The smallest absolute Gasteiger partial charge is 0.145 e. The van der Waals surface area contributed by atoms with Gasteiger partial charge >= 0.3 is 0 Å². The van der Waals surface area contributed by atoms with Crippen LogP contribution in [0.25, 0.3) is 0 Å². The quantitative estimate of drug-likeness (QED) is 0.885. The maximum Gasteiger partial charge on any atom is 0.145 e. The Morgan fingerprint density at radius 3 is 2.60 bits per heavy atom. The Kier molecular flexibility index (Phi) is 4.74. The summed E-state index contributed by atoms with van der Waals surface area (Å²) in [6.07, 6.45) is 2.80. The molecule has 0 aliphatic carbocycles. The van der Waals surface area contributed by atoms with Crippen molar-refractivity contribution < 1.29 is 4.74 Å². The van der Waals surface area contributed by atoms with Gasteiger partial charge in [-0.1, -0.05) is 19.1 Å². The molecule has 3 nitrogen and oxygen atoms in total. The molecule has 0 saturated heterocycles. The number of hydrogen-bond acceptors (Lipinski definition) is 3. The minimum absolute atomic E-state index is 0.296. The molecule has 1 aromatic carbocycles. The molecule has 1 atom stereocenters. The van der Waals surface area contributed by atoms with Crippen molar-refractivity contribution in [1.29, 1.82) is 0 Å². The Hall–Kier alpha value is -1.87. The molecular weight excluding hydrogens is 248 g/mol. The maximum atomic E-state index is 5.91. The summed E-state index contributed by atoms with van der Waals surface area (Å²) in [7, 11) is 1.95. The molecule has 1 aromatic heterocycles. The summed E-state index contributed by atoms with van der Waals surface area (Å²) in [5.74, 6) is 1.66. The van der Waals surface area contributed by atoms with E-state index in [4.69, 9.17) is 4.74 Å². The number of ether oxygens (including phenoxy) is 1. The van der Waals surface area contributed by atoms with E-state index in [1.807, 2.05) is 32.2 Å². The zero-order chi connectivity index (χ0) is 14.5. The van der Waals surface area contributed by atoms with Crippen molar-refractivity contribution in [2.75, 3.05) is 7.05 Å². The summed E-state index contributed by atoms with van der Waals surface area (Å²) in [6, 6.07) is 10.5. The van der Waals surface area contributed by atoms with Gasteiger partial charge in [-0.3, -0.25) is 4.98 Å². The first kappa shape index (κ1) is 14.5. The average Bonchev–Trinajstić information content (AvgIpc) is 2.46. The molecule has 1 heterocycles. The number of pyridine rings is 1. The van der Waals surface area contributed by atoms with Gasteiger partial charge in [0.1, 0.15) is 11.5 Å². The molecule has 2 rings (SSSR count). The van der Waals surface area contributed by atoms with Crippen LogP contribution in [0.3, 0.4) is 0 Å².